The highest BCUT2D eigenvalue weighted by Crippen LogP contribution is 2.24. The summed E-state index contributed by atoms with van der Waals surface area (Å²) >= 11 is 0. The van der Waals surface area contributed by atoms with Crippen molar-refractivity contribution in [2.75, 3.05) is 46.5 Å². The van der Waals surface area contributed by atoms with E-state index in [9.17, 15) is 8.42 Å². The lowest BCUT2D eigenvalue weighted by Crippen LogP contribution is -2.40. The van der Waals surface area contributed by atoms with Crippen molar-refractivity contribution in [2.24, 2.45) is 5.92 Å². The summed E-state index contributed by atoms with van der Waals surface area (Å²) in [6.45, 7) is 5.69. The van der Waals surface area contributed by atoms with E-state index in [-0.39, 0.29) is 12.4 Å². The van der Waals surface area contributed by atoms with E-state index in [1.807, 2.05) is 14.0 Å². The predicted octanol–water partition coefficient (Wildman–Crippen LogP) is 2.14. The van der Waals surface area contributed by atoms with Crippen molar-refractivity contribution < 1.29 is 17.9 Å². The van der Waals surface area contributed by atoms with Crippen LogP contribution in [0.4, 0.5) is 0 Å². The summed E-state index contributed by atoms with van der Waals surface area (Å²) in [5.41, 5.74) is 0. The Hall–Kier alpha value is -0.860. The molecule has 1 aliphatic heterocycles. The van der Waals surface area contributed by atoms with Gasteiger partial charge in [-0.25, -0.2) is 8.42 Å². The zero-order valence-electron chi connectivity index (χ0n) is 14.9. The van der Waals surface area contributed by atoms with Gasteiger partial charge < -0.3 is 14.8 Å². The van der Waals surface area contributed by atoms with Crippen molar-refractivity contribution in [2.45, 2.75) is 24.7 Å². The Kier molecular flexibility index (Phi) is 9.74. The maximum atomic E-state index is 12.7. The smallest absolute Gasteiger partial charge is 0.243 e. The van der Waals surface area contributed by atoms with E-state index >= 15 is 0 Å². The number of hydrogen-bond acceptors (Lipinski definition) is 5. The lowest BCUT2D eigenvalue weighted by Gasteiger charge is -2.31. The number of hydrogen-bond donors (Lipinski definition) is 1. The normalized spacial score (nSPS) is 16.4. The van der Waals surface area contributed by atoms with Crippen LogP contribution in [0.15, 0.2) is 29.2 Å². The number of nitrogens with zero attached hydrogens (tertiary/aromatic N) is 1. The molecule has 0 bridgehead atoms. The SMILES string of the molecule is CCOCCOc1ccc(S(=O)(=O)N2CCC(CNC)CC2)cc1.Cl. The number of nitrogens with one attached hydrogen (secondary N) is 1. The summed E-state index contributed by atoms with van der Waals surface area (Å²) in [7, 11) is -1.48. The molecule has 0 atom stereocenters. The second-order valence-corrected chi connectivity index (χ2v) is 7.86. The highest BCUT2D eigenvalue weighted by molar-refractivity contribution is 7.89. The minimum Gasteiger partial charge on any atom is -0.491 e. The van der Waals surface area contributed by atoms with E-state index in [1.54, 1.807) is 28.6 Å². The second kappa shape index (κ2) is 11.0. The van der Waals surface area contributed by atoms with Crippen molar-refractivity contribution in [3.63, 3.8) is 0 Å². The fourth-order valence-corrected chi connectivity index (χ4v) is 4.33. The van der Waals surface area contributed by atoms with Crippen LogP contribution in [0.2, 0.25) is 0 Å². The van der Waals surface area contributed by atoms with Crippen LogP contribution in [0.3, 0.4) is 0 Å². The number of ether oxygens (including phenoxy) is 2. The van der Waals surface area contributed by atoms with Crippen molar-refractivity contribution >= 4 is 22.4 Å². The molecule has 0 radical (unpaired) electrons. The average molecular weight is 393 g/mol. The predicted molar refractivity (Wildman–Crippen MR) is 101 cm³/mol. The third-order valence-electron chi connectivity index (χ3n) is 4.23. The van der Waals surface area contributed by atoms with E-state index < -0.39 is 10.0 Å². The number of rotatable bonds is 9. The fraction of sp³-hybridized carbons (Fsp3) is 0.647. The summed E-state index contributed by atoms with van der Waals surface area (Å²) < 4.78 is 37.7. The molecule has 1 heterocycles. The van der Waals surface area contributed by atoms with E-state index in [0.29, 0.717) is 49.5 Å². The second-order valence-electron chi connectivity index (χ2n) is 5.92. The Bertz CT molecular complexity index is 587. The zero-order valence-corrected chi connectivity index (χ0v) is 16.6. The molecule has 1 fully saturated rings. The van der Waals surface area contributed by atoms with Gasteiger partial charge in [-0.15, -0.1) is 12.4 Å². The molecule has 1 aliphatic rings. The Morgan fingerprint density at radius 3 is 2.36 bits per heavy atom. The monoisotopic (exact) mass is 392 g/mol. The lowest BCUT2D eigenvalue weighted by atomic mass is 9.98. The van der Waals surface area contributed by atoms with Crippen molar-refractivity contribution in [3.8, 4) is 5.75 Å². The minimum atomic E-state index is -3.41. The highest BCUT2D eigenvalue weighted by atomic mass is 35.5. The Labute approximate surface area is 157 Å². The van der Waals surface area contributed by atoms with Crippen LogP contribution in [-0.4, -0.2) is 59.2 Å². The molecule has 2 rings (SSSR count). The third kappa shape index (κ3) is 6.42. The molecule has 6 nitrogen and oxygen atoms in total. The Morgan fingerprint density at radius 2 is 1.80 bits per heavy atom. The lowest BCUT2D eigenvalue weighted by molar-refractivity contribution is 0.110. The average Bonchev–Trinajstić information content (AvgIpc) is 2.60. The van der Waals surface area contributed by atoms with Gasteiger partial charge in [0.15, 0.2) is 0 Å². The number of piperidine rings is 1. The maximum Gasteiger partial charge on any atom is 0.243 e. The van der Waals surface area contributed by atoms with Crippen LogP contribution >= 0.6 is 12.4 Å². The van der Waals surface area contributed by atoms with Gasteiger partial charge in [-0.2, -0.15) is 4.31 Å². The van der Waals surface area contributed by atoms with Crippen LogP contribution in [0.1, 0.15) is 19.8 Å². The zero-order chi connectivity index (χ0) is 17.4. The van der Waals surface area contributed by atoms with Crippen LogP contribution in [-0.2, 0) is 14.8 Å². The van der Waals surface area contributed by atoms with Crippen molar-refractivity contribution in [3.05, 3.63) is 24.3 Å². The standard InChI is InChI=1S/C17H28N2O4S.ClH/c1-3-22-12-13-23-16-4-6-17(7-5-16)24(20,21)19-10-8-15(9-11-19)14-18-2;/h4-7,15,18H,3,8-14H2,1-2H3;1H. The molecule has 1 aromatic carbocycles. The molecule has 8 heteroatoms. The molecule has 0 saturated carbocycles. The van der Waals surface area contributed by atoms with Gasteiger partial charge in [-0.05, 0) is 63.5 Å². The molecule has 25 heavy (non-hydrogen) atoms. The first kappa shape index (κ1) is 22.2. The molecule has 0 spiro atoms. The highest BCUT2D eigenvalue weighted by Gasteiger charge is 2.29. The quantitative estimate of drug-likeness (QED) is 0.652. The number of sulfonamides is 1. The molecular weight excluding hydrogens is 364 g/mol. The van der Waals surface area contributed by atoms with Gasteiger partial charge in [0.2, 0.25) is 10.0 Å². The molecule has 0 aliphatic carbocycles. The van der Waals surface area contributed by atoms with E-state index in [2.05, 4.69) is 5.32 Å². The van der Waals surface area contributed by atoms with Gasteiger partial charge in [-0.3, -0.25) is 0 Å². The fourth-order valence-electron chi connectivity index (χ4n) is 2.86. The largest absolute Gasteiger partial charge is 0.491 e. The molecule has 0 unspecified atom stereocenters. The van der Waals surface area contributed by atoms with Gasteiger partial charge in [0.1, 0.15) is 12.4 Å². The molecule has 1 saturated heterocycles. The maximum absolute atomic E-state index is 12.7. The molecular formula is C17H29ClN2O4S. The molecule has 1 N–H and O–H groups in total. The molecule has 0 aromatic heterocycles. The summed E-state index contributed by atoms with van der Waals surface area (Å²) in [5, 5.41) is 3.16. The van der Waals surface area contributed by atoms with Gasteiger partial charge in [0, 0.05) is 19.7 Å². The van der Waals surface area contributed by atoms with Crippen LogP contribution in [0.25, 0.3) is 0 Å². The van der Waals surface area contributed by atoms with E-state index in [4.69, 9.17) is 9.47 Å². The topological polar surface area (TPSA) is 67.9 Å². The van der Waals surface area contributed by atoms with Crippen LogP contribution in [0, 0.1) is 5.92 Å². The molecule has 144 valence electrons. The number of halogens is 1. The van der Waals surface area contributed by atoms with E-state index in [0.717, 1.165) is 19.4 Å². The van der Waals surface area contributed by atoms with Crippen LogP contribution in [0.5, 0.6) is 5.75 Å². The third-order valence-corrected chi connectivity index (χ3v) is 6.14. The van der Waals surface area contributed by atoms with Gasteiger partial charge >= 0.3 is 0 Å². The Balaban J connectivity index is 0.00000312. The summed E-state index contributed by atoms with van der Waals surface area (Å²) in [6, 6.07) is 6.63. The van der Waals surface area contributed by atoms with Gasteiger partial charge in [0.25, 0.3) is 0 Å². The minimum absolute atomic E-state index is 0. The first-order valence-electron chi connectivity index (χ1n) is 8.53. The van der Waals surface area contributed by atoms with Crippen molar-refractivity contribution in [1.29, 1.82) is 0 Å². The summed E-state index contributed by atoms with van der Waals surface area (Å²) in [4.78, 5) is 0.326. The van der Waals surface area contributed by atoms with E-state index in [1.165, 1.54) is 0 Å². The molecule has 0 amide bonds. The first-order chi connectivity index (χ1) is 11.6. The van der Waals surface area contributed by atoms with Crippen molar-refractivity contribution in [1.82, 2.24) is 9.62 Å². The number of benzene rings is 1. The Morgan fingerprint density at radius 1 is 1.16 bits per heavy atom. The van der Waals surface area contributed by atoms with Gasteiger partial charge in [0.05, 0.1) is 11.5 Å². The summed E-state index contributed by atoms with van der Waals surface area (Å²) in [5.74, 6) is 1.21. The molecule has 1 aromatic rings. The van der Waals surface area contributed by atoms with Crippen LogP contribution < -0.4 is 10.1 Å². The summed E-state index contributed by atoms with van der Waals surface area (Å²) in [6.07, 6.45) is 1.80. The first-order valence-corrected chi connectivity index (χ1v) is 9.97. The van der Waals surface area contributed by atoms with Gasteiger partial charge in [-0.1, -0.05) is 0 Å².